The maximum absolute atomic E-state index is 12.6. The second-order valence-corrected chi connectivity index (χ2v) is 6.93. The van der Waals surface area contributed by atoms with Crippen LogP contribution in [0.25, 0.3) is 0 Å². The van der Waals surface area contributed by atoms with Crippen molar-refractivity contribution >= 4 is 17.6 Å². The molecule has 0 unspecified atom stereocenters. The summed E-state index contributed by atoms with van der Waals surface area (Å²) in [5.74, 6) is -1.05. The lowest BCUT2D eigenvalue weighted by Gasteiger charge is -2.13. The topological polar surface area (TPSA) is 136 Å². The first-order chi connectivity index (χ1) is 15.3. The van der Waals surface area contributed by atoms with Gasteiger partial charge in [-0.05, 0) is 30.7 Å². The zero-order valence-corrected chi connectivity index (χ0v) is 17.7. The third-order valence-corrected chi connectivity index (χ3v) is 4.63. The van der Waals surface area contributed by atoms with Crippen LogP contribution in [-0.4, -0.2) is 27.5 Å². The van der Waals surface area contributed by atoms with Crippen LogP contribution in [0.3, 0.4) is 0 Å². The van der Waals surface area contributed by atoms with Gasteiger partial charge in [-0.25, -0.2) is 9.59 Å². The van der Waals surface area contributed by atoms with Gasteiger partial charge in [-0.1, -0.05) is 25.1 Å². The number of furan rings is 1. The van der Waals surface area contributed by atoms with Crippen LogP contribution in [0.2, 0.25) is 0 Å². The molecule has 3 aromatic rings. The van der Waals surface area contributed by atoms with Crippen molar-refractivity contribution in [3.63, 3.8) is 0 Å². The quantitative estimate of drug-likeness (QED) is 0.392. The molecule has 2 N–H and O–H groups in total. The van der Waals surface area contributed by atoms with Crippen molar-refractivity contribution < 1.29 is 23.5 Å². The van der Waals surface area contributed by atoms with Crippen LogP contribution in [-0.2, 0) is 24.9 Å². The first-order valence-corrected chi connectivity index (χ1v) is 9.89. The third-order valence-electron chi connectivity index (χ3n) is 4.63. The van der Waals surface area contributed by atoms with Crippen molar-refractivity contribution in [2.24, 2.45) is 7.05 Å². The Hall–Kier alpha value is -4.08. The van der Waals surface area contributed by atoms with E-state index in [9.17, 15) is 19.2 Å². The molecule has 2 heterocycles. The number of hydrogen-bond donors (Lipinski definition) is 1. The normalized spacial score (nSPS) is 10.7. The number of ether oxygens (including phenoxy) is 2. The van der Waals surface area contributed by atoms with Crippen LogP contribution in [0.4, 0.5) is 5.82 Å². The molecule has 3 rings (SSSR count). The fourth-order valence-corrected chi connectivity index (χ4v) is 3.00. The van der Waals surface area contributed by atoms with E-state index in [2.05, 4.69) is 0 Å². The van der Waals surface area contributed by atoms with Gasteiger partial charge in [-0.15, -0.1) is 0 Å². The number of benzene rings is 1. The summed E-state index contributed by atoms with van der Waals surface area (Å²) >= 11 is 0. The van der Waals surface area contributed by atoms with Crippen LogP contribution < -0.4 is 21.7 Å². The lowest BCUT2D eigenvalue weighted by atomic mass is 10.2. The van der Waals surface area contributed by atoms with Crippen molar-refractivity contribution in [3.8, 4) is 5.75 Å². The number of anilines is 1. The summed E-state index contributed by atoms with van der Waals surface area (Å²) in [6, 6.07) is 12.0. The summed E-state index contributed by atoms with van der Waals surface area (Å²) in [6.45, 7) is 1.42. The monoisotopic (exact) mass is 441 g/mol. The highest BCUT2D eigenvalue weighted by atomic mass is 16.5. The number of para-hydroxylation sites is 1. The number of ketones is 1. The average molecular weight is 441 g/mol. The minimum atomic E-state index is -0.887. The molecular formula is C22H23N3O7. The SMILES string of the molecule is CCCn1c(N)c(C(=O)COC(=O)c2ccc(COc3ccccc3)o2)c(=O)n(C)c1=O. The molecule has 0 saturated heterocycles. The van der Waals surface area contributed by atoms with Crippen molar-refractivity contribution in [1.29, 1.82) is 0 Å². The van der Waals surface area contributed by atoms with Gasteiger partial charge in [-0.2, -0.15) is 0 Å². The van der Waals surface area contributed by atoms with Gasteiger partial charge in [0, 0.05) is 13.6 Å². The van der Waals surface area contributed by atoms with Crippen LogP contribution in [0.15, 0.2) is 56.5 Å². The maximum Gasteiger partial charge on any atom is 0.374 e. The van der Waals surface area contributed by atoms with E-state index in [4.69, 9.17) is 19.6 Å². The van der Waals surface area contributed by atoms with Gasteiger partial charge in [0.15, 0.2) is 6.61 Å². The Kier molecular flexibility index (Phi) is 6.93. The van der Waals surface area contributed by atoms with Gasteiger partial charge in [0.1, 0.15) is 29.5 Å². The van der Waals surface area contributed by atoms with E-state index in [0.717, 1.165) is 9.13 Å². The number of nitrogens with zero attached hydrogens (tertiary/aromatic N) is 2. The number of hydrogen-bond acceptors (Lipinski definition) is 8. The molecule has 1 aromatic carbocycles. The Morgan fingerprint density at radius 1 is 1.09 bits per heavy atom. The number of nitrogens with two attached hydrogens (primary N) is 1. The fraction of sp³-hybridized carbons (Fsp3) is 0.273. The standard InChI is InChI=1S/C22H23N3O7/c1-3-11-25-19(23)18(20(27)24(2)22(25)29)16(26)13-31-21(28)17-10-9-15(32-17)12-30-14-7-5-4-6-8-14/h4-10H,3,11-13,23H2,1-2H3. The van der Waals surface area contributed by atoms with Gasteiger partial charge in [0.2, 0.25) is 11.5 Å². The molecule has 0 atom stereocenters. The van der Waals surface area contributed by atoms with Crippen molar-refractivity contribution in [3.05, 3.63) is 80.4 Å². The molecule has 0 aliphatic rings. The van der Waals surface area contributed by atoms with Gasteiger partial charge in [0.05, 0.1) is 0 Å². The van der Waals surface area contributed by atoms with Crippen LogP contribution in [0.1, 0.15) is 40.0 Å². The molecule has 0 aliphatic carbocycles. The summed E-state index contributed by atoms with van der Waals surface area (Å²) in [4.78, 5) is 49.4. The van der Waals surface area contributed by atoms with E-state index < -0.39 is 35.2 Å². The number of nitrogen functional groups attached to an aromatic ring is 1. The molecular weight excluding hydrogens is 418 g/mol. The molecule has 0 amide bonds. The van der Waals surface area contributed by atoms with Gasteiger partial charge in [-0.3, -0.25) is 18.7 Å². The third kappa shape index (κ3) is 4.80. The molecule has 0 saturated carbocycles. The number of carbonyl (C=O) groups is 2. The Morgan fingerprint density at radius 2 is 1.81 bits per heavy atom. The molecule has 0 spiro atoms. The molecule has 0 bridgehead atoms. The number of esters is 1. The lowest BCUT2D eigenvalue weighted by molar-refractivity contribution is 0.0440. The van der Waals surface area contributed by atoms with Gasteiger partial charge in [0.25, 0.3) is 5.56 Å². The smallest absolute Gasteiger partial charge is 0.374 e. The molecule has 168 valence electrons. The molecule has 0 aliphatic heterocycles. The molecule has 0 radical (unpaired) electrons. The Balaban J connectivity index is 1.67. The first-order valence-electron chi connectivity index (χ1n) is 9.89. The Morgan fingerprint density at radius 3 is 2.50 bits per heavy atom. The van der Waals surface area contributed by atoms with E-state index in [1.807, 2.05) is 25.1 Å². The van der Waals surface area contributed by atoms with Crippen LogP contribution >= 0.6 is 0 Å². The number of Topliss-reactive ketones (excluding diaryl/α,β-unsaturated/α-hetero) is 1. The van der Waals surface area contributed by atoms with Crippen molar-refractivity contribution in [1.82, 2.24) is 9.13 Å². The van der Waals surface area contributed by atoms with Crippen molar-refractivity contribution in [2.75, 3.05) is 12.3 Å². The van der Waals surface area contributed by atoms with Crippen molar-refractivity contribution in [2.45, 2.75) is 26.5 Å². The lowest BCUT2D eigenvalue weighted by Crippen LogP contribution is -2.43. The maximum atomic E-state index is 12.6. The van der Waals surface area contributed by atoms with E-state index in [1.54, 1.807) is 18.2 Å². The molecule has 32 heavy (non-hydrogen) atoms. The summed E-state index contributed by atoms with van der Waals surface area (Å²) in [7, 11) is 1.25. The fourth-order valence-electron chi connectivity index (χ4n) is 3.00. The molecule has 10 nitrogen and oxygen atoms in total. The summed E-state index contributed by atoms with van der Waals surface area (Å²) in [5, 5.41) is 0. The van der Waals surface area contributed by atoms with Gasteiger partial charge >= 0.3 is 11.7 Å². The first kappa shape index (κ1) is 22.6. The predicted octanol–water partition coefficient (Wildman–Crippen LogP) is 1.75. The highest BCUT2D eigenvalue weighted by Crippen LogP contribution is 2.15. The Bertz CT molecular complexity index is 1240. The molecule has 10 heteroatoms. The number of rotatable bonds is 9. The van der Waals surface area contributed by atoms with Crippen LogP contribution in [0, 0.1) is 0 Å². The Labute approximate surface area is 182 Å². The highest BCUT2D eigenvalue weighted by molar-refractivity contribution is 6.02. The number of carbonyl (C=O) groups excluding carboxylic acids is 2. The van der Waals surface area contributed by atoms with E-state index >= 15 is 0 Å². The molecule has 0 fully saturated rings. The predicted molar refractivity (Wildman–Crippen MR) is 115 cm³/mol. The minimum Gasteiger partial charge on any atom is -0.486 e. The molecule has 2 aromatic heterocycles. The zero-order valence-electron chi connectivity index (χ0n) is 17.7. The number of aromatic nitrogens is 2. The minimum absolute atomic E-state index is 0.0990. The largest absolute Gasteiger partial charge is 0.486 e. The summed E-state index contributed by atoms with van der Waals surface area (Å²) in [5.41, 5.74) is 4.03. The van der Waals surface area contributed by atoms with E-state index in [0.29, 0.717) is 17.9 Å². The second-order valence-electron chi connectivity index (χ2n) is 6.93. The van der Waals surface area contributed by atoms with Crippen LogP contribution in [0.5, 0.6) is 5.75 Å². The zero-order chi connectivity index (χ0) is 23.3. The van der Waals surface area contributed by atoms with E-state index in [-0.39, 0.29) is 24.7 Å². The van der Waals surface area contributed by atoms with E-state index in [1.165, 1.54) is 13.1 Å². The summed E-state index contributed by atoms with van der Waals surface area (Å²) in [6.07, 6.45) is 0.569. The second kappa shape index (κ2) is 9.82. The summed E-state index contributed by atoms with van der Waals surface area (Å²) < 4.78 is 17.9. The highest BCUT2D eigenvalue weighted by Gasteiger charge is 2.23. The van der Waals surface area contributed by atoms with Gasteiger partial charge < -0.3 is 19.6 Å². The average Bonchev–Trinajstić information content (AvgIpc) is 3.27.